The normalized spacial score (nSPS) is 12.0. The molecule has 0 aromatic carbocycles. The highest BCUT2D eigenvalue weighted by Gasteiger charge is 2.26. The number of nitrogens with one attached hydrogen (secondary N) is 1. The van der Waals surface area contributed by atoms with Crippen molar-refractivity contribution in [3.8, 4) is 0 Å². The van der Waals surface area contributed by atoms with Gasteiger partial charge < -0.3 is 5.32 Å². The highest BCUT2D eigenvalue weighted by molar-refractivity contribution is 6.18. The average Bonchev–Trinajstić information content (AvgIpc) is 2.79. The Bertz CT molecular complexity index is 524. The molecule has 5 nitrogen and oxygen atoms in total. The molecule has 0 atom stereocenters. The molecule has 0 amide bonds. The van der Waals surface area contributed by atoms with Crippen molar-refractivity contribution >= 4 is 28.5 Å². The van der Waals surface area contributed by atoms with E-state index in [0.717, 1.165) is 29.7 Å². The third-order valence-corrected chi connectivity index (χ3v) is 4.03. The summed E-state index contributed by atoms with van der Waals surface area (Å²) in [6, 6.07) is 0. The maximum atomic E-state index is 6.10. The number of anilines is 1. The van der Waals surface area contributed by atoms with Crippen LogP contribution in [0.25, 0.3) is 11.0 Å². The number of rotatable bonds is 5. The molecule has 0 aliphatic carbocycles. The van der Waals surface area contributed by atoms with Crippen molar-refractivity contribution in [2.75, 3.05) is 11.2 Å². The SMILES string of the molecule is CCC(CC)(CCl)Nc1ncnc2c1cnn2C. The first-order chi connectivity index (χ1) is 8.65. The van der Waals surface area contributed by atoms with Gasteiger partial charge in [0, 0.05) is 12.9 Å². The van der Waals surface area contributed by atoms with E-state index in [4.69, 9.17) is 11.6 Å². The lowest BCUT2D eigenvalue weighted by Gasteiger charge is -2.31. The van der Waals surface area contributed by atoms with Crippen molar-refractivity contribution in [3.63, 3.8) is 0 Å². The van der Waals surface area contributed by atoms with Gasteiger partial charge in [-0.25, -0.2) is 9.97 Å². The number of aromatic nitrogens is 4. The minimum Gasteiger partial charge on any atom is -0.363 e. The van der Waals surface area contributed by atoms with Crippen molar-refractivity contribution in [1.82, 2.24) is 19.7 Å². The Kier molecular flexibility index (Phi) is 3.71. The molecular formula is C12H18ClN5. The van der Waals surface area contributed by atoms with E-state index < -0.39 is 0 Å². The number of alkyl halides is 1. The van der Waals surface area contributed by atoms with Gasteiger partial charge in [0.05, 0.1) is 17.1 Å². The minimum atomic E-state index is -0.126. The number of fused-ring (bicyclic) bond motifs is 1. The summed E-state index contributed by atoms with van der Waals surface area (Å²) in [7, 11) is 1.87. The highest BCUT2D eigenvalue weighted by Crippen LogP contribution is 2.26. The van der Waals surface area contributed by atoms with Gasteiger partial charge in [0.25, 0.3) is 0 Å². The van der Waals surface area contributed by atoms with Crippen LogP contribution in [0.5, 0.6) is 0 Å². The molecule has 0 fully saturated rings. The topological polar surface area (TPSA) is 55.6 Å². The van der Waals surface area contributed by atoms with Crippen molar-refractivity contribution < 1.29 is 0 Å². The quantitative estimate of drug-likeness (QED) is 0.846. The zero-order chi connectivity index (χ0) is 13.2. The van der Waals surface area contributed by atoms with Crippen LogP contribution >= 0.6 is 11.6 Å². The van der Waals surface area contributed by atoms with Crippen molar-refractivity contribution in [3.05, 3.63) is 12.5 Å². The number of aryl methyl sites for hydroxylation is 1. The lowest BCUT2D eigenvalue weighted by molar-refractivity contribution is 0.483. The molecule has 2 heterocycles. The second kappa shape index (κ2) is 5.10. The Morgan fingerprint density at radius 2 is 2.06 bits per heavy atom. The van der Waals surface area contributed by atoms with E-state index in [0.29, 0.717) is 5.88 Å². The van der Waals surface area contributed by atoms with Crippen LogP contribution in [0.4, 0.5) is 5.82 Å². The lowest BCUT2D eigenvalue weighted by atomic mass is 9.95. The molecule has 18 heavy (non-hydrogen) atoms. The minimum absolute atomic E-state index is 0.126. The van der Waals surface area contributed by atoms with Crippen LogP contribution in [-0.4, -0.2) is 31.2 Å². The van der Waals surface area contributed by atoms with Crippen molar-refractivity contribution in [2.24, 2.45) is 7.05 Å². The molecule has 98 valence electrons. The zero-order valence-electron chi connectivity index (χ0n) is 10.9. The third-order valence-electron chi connectivity index (χ3n) is 3.52. The summed E-state index contributed by atoms with van der Waals surface area (Å²) < 4.78 is 1.74. The molecule has 0 aliphatic heterocycles. The van der Waals surface area contributed by atoms with Gasteiger partial charge in [0.15, 0.2) is 5.65 Å². The van der Waals surface area contributed by atoms with Crippen LogP contribution in [0.15, 0.2) is 12.5 Å². The lowest BCUT2D eigenvalue weighted by Crippen LogP contribution is -2.39. The molecule has 0 bridgehead atoms. The second-order valence-electron chi connectivity index (χ2n) is 4.47. The van der Waals surface area contributed by atoms with E-state index in [1.54, 1.807) is 17.2 Å². The van der Waals surface area contributed by atoms with Gasteiger partial charge >= 0.3 is 0 Å². The van der Waals surface area contributed by atoms with Crippen LogP contribution in [0.1, 0.15) is 26.7 Å². The van der Waals surface area contributed by atoms with Gasteiger partial charge in [-0.05, 0) is 12.8 Å². The smallest absolute Gasteiger partial charge is 0.163 e. The molecule has 0 aliphatic rings. The van der Waals surface area contributed by atoms with Gasteiger partial charge in [-0.1, -0.05) is 13.8 Å². The first-order valence-corrected chi connectivity index (χ1v) is 6.66. The van der Waals surface area contributed by atoms with E-state index in [2.05, 4.69) is 34.2 Å². The van der Waals surface area contributed by atoms with Gasteiger partial charge in [-0.15, -0.1) is 11.6 Å². The molecule has 2 aromatic rings. The van der Waals surface area contributed by atoms with E-state index in [-0.39, 0.29) is 5.54 Å². The molecule has 0 spiro atoms. The molecule has 0 saturated carbocycles. The second-order valence-corrected chi connectivity index (χ2v) is 4.74. The fourth-order valence-corrected chi connectivity index (χ4v) is 2.41. The van der Waals surface area contributed by atoms with Crippen LogP contribution in [0.3, 0.4) is 0 Å². The Hall–Kier alpha value is -1.36. The number of nitrogens with zero attached hydrogens (tertiary/aromatic N) is 4. The summed E-state index contributed by atoms with van der Waals surface area (Å²) >= 11 is 6.10. The average molecular weight is 268 g/mol. The molecular weight excluding hydrogens is 250 g/mol. The van der Waals surface area contributed by atoms with Crippen molar-refractivity contribution in [2.45, 2.75) is 32.2 Å². The van der Waals surface area contributed by atoms with Crippen molar-refractivity contribution in [1.29, 1.82) is 0 Å². The van der Waals surface area contributed by atoms with E-state index >= 15 is 0 Å². The predicted molar refractivity (Wildman–Crippen MR) is 74.0 cm³/mol. The maximum absolute atomic E-state index is 6.10. The number of hydrogen-bond acceptors (Lipinski definition) is 4. The van der Waals surface area contributed by atoms with Gasteiger partial charge in [0.1, 0.15) is 12.1 Å². The summed E-state index contributed by atoms with van der Waals surface area (Å²) in [6.07, 6.45) is 5.22. The summed E-state index contributed by atoms with van der Waals surface area (Å²) in [6.45, 7) is 4.25. The zero-order valence-corrected chi connectivity index (χ0v) is 11.7. The summed E-state index contributed by atoms with van der Waals surface area (Å²) in [4.78, 5) is 8.54. The Labute approximate surface area is 112 Å². The first-order valence-electron chi connectivity index (χ1n) is 6.12. The van der Waals surface area contributed by atoms with Crippen LogP contribution in [0, 0.1) is 0 Å². The summed E-state index contributed by atoms with van der Waals surface area (Å²) in [5.41, 5.74) is 0.696. The Morgan fingerprint density at radius 3 is 2.67 bits per heavy atom. The molecule has 6 heteroatoms. The third kappa shape index (κ3) is 2.14. The van der Waals surface area contributed by atoms with Gasteiger partial charge in [0.2, 0.25) is 0 Å². The van der Waals surface area contributed by atoms with E-state index in [9.17, 15) is 0 Å². The fraction of sp³-hybridized carbons (Fsp3) is 0.583. The molecule has 0 saturated heterocycles. The Balaban J connectivity index is 2.42. The Morgan fingerprint density at radius 1 is 1.33 bits per heavy atom. The van der Waals surface area contributed by atoms with Crippen LogP contribution in [-0.2, 0) is 7.05 Å². The van der Waals surface area contributed by atoms with Gasteiger partial charge in [-0.2, -0.15) is 5.10 Å². The number of hydrogen-bond donors (Lipinski definition) is 1. The molecule has 0 unspecified atom stereocenters. The molecule has 2 rings (SSSR count). The monoisotopic (exact) mass is 267 g/mol. The van der Waals surface area contributed by atoms with Crippen LogP contribution in [0.2, 0.25) is 0 Å². The van der Waals surface area contributed by atoms with Gasteiger partial charge in [-0.3, -0.25) is 4.68 Å². The van der Waals surface area contributed by atoms with E-state index in [1.807, 2.05) is 7.05 Å². The largest absolute Gasteiger partial charge is 0.363 e. The molecule has 2 aromatic heterocycles. The molecule has 1 N–H and O–H groups in total. The van der Waals surface area contributed by atoms with E-state index in [1.165, 1.54) is 0 Å². The predicted octanol–water partition coefficient (Wildman–Crippen LogP) is 2.57. The maximum Gasteiger partial charge on any atom is 0.163 e. The highest BCUT2D eigenvalue weighted by atomic mass is 35.5. The molecule has 0 radical (unpaired) electrons. The standard InChI is InChI=1S/C12H18ClN5/c1-4-12(5-2,7-13)17-10-9-6-16-18(3)11(9)15-8-14-10/h6,8H,4-5,7H2,1-3H3,(H,14,15,17). The fourth-order valence-electron chi connectivity index (χ4n) is 1.96. The summed E-state index contributed by atoms with van der Waals surface area (Å²) in [5, 5.41) is 8.59. The summed E-state index contributed by atoms with van der Waals surface area (Å²) in [5.74, 6) is 1.35. The number of halogens is 1. The first kappa shape index (κ1) is 13.1. The van der Waals surface area contributed by atoms with Crippen LogP contribution < -0.4 is 5.32 Å².